The third kappa shape index (κ3) is 5.65. The number of nitrogens with zero attached hydrogens (tertiary/aromatic N) is 4. The Kier molecular flexibility index (Phi) is 7.78. The number of amides is 1. The van der Waals surface area contributed by atoms with Gasteiger partial charge in [0.25, 0.3) is 11.5 Å². The van der Waals surface area contributed by atoms with Crippen molar-refractivity contribution in [1.82, 2.24) is 24.6 Å². The van der Waals surface area contributed by atoms with E-state index < -0.39 is 5.76 Å². The highest BCUT2D eigenvalue weighted by molar-refractivity contribution is 5.94. The number of hydrogen-bond donors (Lipinski definition) is 1. The number of hydrogen-bond acceptors (Lipinski definition) is 6. The van der Waals surface area contributed by atoms with Gasteiger partial charge < -0.3 is 4.90 Å². The second-order valence-corrected chi connectivity index (χ2v) is 10.1. The van der Waals surface area contributed by atoms with Gasteiger partial charge in [-0.1, -0.05) is 67.0 Å². The summed E-state index contributed by atoms with van der Waals surface area (Å²) < 4.78 is 6.31. The lowest BCUT2D eigenvalue weighted by Crippen LogP contribution is -2.28. The maximum atomic E-state index is 13.9. The van der Waals surface area contributed by atoms with Crippen LogP contribution in [-0.4, -0.2) is 44.6 Å². The molecule has 9 nitrogen and oxygen atoms in total. The van der Waals surface area contributed by atoms with Gasteiger partial charge in [0.05, 0.1) is 11.4 Å². The maximum Gasteiger partial charge on any atom is 0.439 e. The van der Waals surface area contributed by atoms with Crippen LogP contribution in [0.3, 0.4) is 0 Å². The molecule has 0 atom stereocenters. The molecular formula is C32H31N5O4. The fourth-order valence-electron chi connectivity index (χ4n) is 4.95. The number of carbonyl (C=O) groups excluding carboxylic acids is 1. The molecule has 2 heterocycles. The van der Waals surface area contributed by atoms with Crippen molar-refractivity contribution in [3.05, 3.63) is 122 Å². The molecule has 1 N–H and O–H groups in total. The lowest BCUT2D eigenvalue weighted by molar-refractivity contribution is 0.0827. The molecule has 0 unspecified atom stereocenters. The minimum Gasteiger partial charge on any atom is -0.345 e. The van der Waals surface area contributed by atoms with E-state index in [4.69, 9.17) is 9.51 Å². The molecule has 5 aromatic rings. The number of carbonyl (C=O) groups is 1. The van der Waals surface area contributed by atoms with Gasteiger partial charge in [-0.25, -0.2) is 9.78 Å². The van der Waals surface area contributed by atoms with E-state index >= 15 is 0 Å². The van der Waals surface area contributed by atoms with Crippen molar-refractivity contribution in [2.75, 3.05) is 14.1 Å². The first-order valence-corrected chi connectivity index (χ1v) is 13.4. The number of H-pyrrole nitrogens is 1. The van der Waals surface area contributed by atoms with Gasteiger partial charge in [0.2, 0.25) is 0 Å². The predicted molar refractivity (Wildman–Crippen MR) is 157 cm³/mol. The summed E-state index contributed by atoms with van der Waals surface area (Å²) in [6, 6.07) is 22.6. The smallest absolute Gasteiger partial charge is 0.345 e. The van der Waals surface area contributed by atoms with Gasteiger partial charge in [0.15, 0.2) is 5.82 Å². The number of aryl methyl sites for hydroxylation is 2. The van der Waals surface area contributed by atoms with Crippen LogP contribution in [0, 0.1) is 6.92 Å². The molecule has 0 saturated heterocycles. The number of aromatic amines is 1. The lowest BCUT2D eigenvalue weighted by atomic mass is 9.96. The molecule has 41 heavy (non-hydrogen) atoms. The molecule has 0 fully saturated rings. The van der Waals surface area contributed by atoms with Gasteiger partial charge in [-0.05, 0) is 54.3 Å². The molecule has 5 rings (SSSR count). The molecule has 0 radical (unpaired) electrons. The summed E-state index contributed by atoms with van der Waals surface area (Å²) in [6.07, 6.45) is 1.99. The summed E-state index contributed by atoms with van der Waals surface area (Å²) in [5, 5.41) is 3.84. The first kappa shape index (κ1) is 27.5. The third-order valence-electron chi connectivity index (χ3n) is 6.96. The number of rotatable bonds is 8. The van der Waals surface area contributed by atoms with Crippen molar-refractivity contribution in [3.8, 4) is 28.2 Å². The molecule has 0 spiro atoms. The van der Waals surface area contributed by atoms with Crippen molar-refractivity contribution in [3.63, 3.8) is 0 Å². The van der Waals surface area contributed by atoms with Crippen LogP contribution in [0.2, 0.25) is 0 Å². The molecule has 9 heteroatoms. The minimum absolute atomic E-state index is 0.0990. The minimum atomic E-state index is -0.608. The molecule has 208 valence electrons. The Morgan fingerprint density at radius 2 is 1.63 bits per heavy atom. The van der Waals surface area contributed by atoms with Crippen LogP contribution in [0.4, 0.5) is 0 Å². The highest BCUT2D eigenvalue weighted by Crippen LogP contribution is 2.30. The summed E-state index contributed by atoms with van der Waals surface area (Å²) in [5.41, 5.74) is 6.11. The van der Waals surface area contributed by atoms with E-state index in [1.54, 1.807) is 42.9 Å². The van der Waals surface area contributed by atoms with E-state index in [1.165, 1.54) is 4.90 Å². The predicted octanol–water partition coefficient (Wildman–Crippen LogP) is 4.80. The zero-order chi connectivity index (χ0) is 29.1. The monoisotopic (exact) mass is 549 g/mol. The zero-order valence-corrected chi connectivity index (χ0v) is 23.5. The van der Waals surface area contributed by atoms with Crippen LogP contribution in [-0.2, 0) is 12.8 Å². The molecule has 0 bridgehead atoms. The Hall–Kier alpha value is -5.05. The van der Waals surface area contributed by atoms with Gasteiger partial charge >= 0.3 is 5.76 Å². The molecule has 2 aromatic heterocycles. The second kappa shape index (κ2) is 11.6. The first-order chi connectivity index (χ1) is 19.8. The Balaban J connectivity index is 1.49. The Morgan fingerprint density at radius 1 is 0.951 bits per heavy atom. The molecule has 0 aliphatic carbocycles. The van der Waals surface area contributed by atoms with Crippen molar-refractivity contribution in [2.24, 2.45) is 0 Å². The van der Waals surface area contributed by atoms with E-state index in [9.17, 15) is 14.4 Å². The largest absolute Gasteiger partial charge is 0.439 e. The highest BCUT2D eigenvalue weighted by Gasteiger charge is 2.17. The third-order valence-corrected chi connectivity index (χ3v) is 6.96. The van der Waals surface area contributed by atoms with Crippen molar-refractivity contribution in [2.45, 2.75) is 33.1 Å². The van der Waals surface area contributed by atoms with E-state index in [-0.39, 0.29) is 11.5 Å². The standard InChI is InChI=1S/C32H31N5O4/c1-5-8-28-27(31(39)37(20(2)33-28)24-17-15-23(16-18-24)30(38)36(3)4)19-21-11-13-22(14-12-21)25-9-6-7-10-26(25)29-34-32(40)41-35-29/h6-7,9-18H,5,8,19H2,1-4H3,(H,34,35,40). The molecule has 0 aliphatic heterocycles. The van der Waals surface area contributed by atoms with E-state index in [1.807, 2.05) is 55.5 Å². The van der Waals surface area contributed by atoms with Crippen LogP contribution >= 0.6 is 0 Å². The molecule has 0 saturated carbocycles. The zero-order valence-electron chi connectivity index (χ0n) is 23.5. The Bertz CT molecular complexity index is 1810. The fourth-order valence-corrected chi connectivity index (χ4v) is 4.95. The number of nitrogens with one attached hydrogen (secondary N) is 1. The average Bonchev–Trinajstić information content (AvgIpc) is 3.41. The maximum absolute atomic E-state index is 13.9. The quantitative estimate of drug-likeness (QED) is 0.298. The number of benzene rings is 3. The van der Waals surface area contributed by atoms with Crippen LogP contribution in [0.1, 0.15) is 46.3 Å². The first-order valence-electron chi connectivity index (χ1n) is 13.4. The van der Waals surface area contributed by atoms with Gasteiger partial charge in [-0.3, -0.25) is 23.7 Å². The summed E-state index contributed by atoms with van der Waals surface area (Å²) in [4.78, 5) is 46.7. The number of aromatic nitrogens is 4. The van der Waals surface area contributed by atoms with E-state index in [0.29, 0.717) is 41.3 Å². The van der Waals surface area contributed by atoms with Gasteiger partial charge in [0.1, 0.15) is 5.82 Å². The highest BCUT2D eigenvalue weighted by atomic mass is 16.5. The van der Waals surface area contributed by atoms with Crippen molar-refractivity contribution >= 4 is 5.91 Å². The molecule has 3 aromatic carbocycles. The van der Waals surface area contributed by atoms with Crippen molar-refractivity contribution in [1.29, 1.82) is 0 Å². The van der Waals surface area contributed by atoms with E-state index in [2.05, 4.69) is 17.1 Å². The summed E-state index contributed by atoms with van der Waals surface area (Å²) in [6.45, 7) is 3.90. The van der Waals surface area contributed by atoms with Gasteiger partial charge in [-0.2, -0.15) is 0 Å². The average molecular weight is 550 g/mol. The van der Waals surface area contributed by atoms with Gasteiger partial charge in [-0.15, -0.1) is 0 Å². The topological polar surface area (TPSA) is 114 Å². The van der Waals surface area contributed by atoms with Crippen LogP contribution < -0.4 is 11.3 Å². The molecule has 0 aliphatic rings. The normalized spacial score (nSPS) is 11.0. The second-order valence-electron chi connectivity index (χ2n) is 10.1. The SMILES string of the molecule is CCCc1nc(C)n(-c2ccc(C(=O)N(C)C)cc2)c(=O)c1Cc1ccc(-c2ccccc2-c2noc(=O)[nH]2)cc1. The van der Waals surface area contributed by atoms with Crippen LogP contribution in [0.25, 0.3) is 28.2 Å². The lowest BCUT2D eigenvalue weighted by Gasteiger charge is -2.16. The Morgan fingerprint density at radius 3 is 2.24 bits per heavy atom. The van der Waals surface area contributed by atoms with Crippen LogP contribution in [0.5, 0.6) is 0 Å². The Labute approximate surface area is 237 Å². The van der Waals surface area contributed by atoms with Gasteiger partial charge in [0, 0.05) is 37.2 Å². The van der Waals surface area contributed by atoms with Crippen molar-refractivity contribution < 1.29 is 9.32 Å². The fraction of sp³-hybridized carbons (Fsp3) is 0.219. The van der Waals surface area contributed by atoms with Crippen LogP contribution in [0.15, 0.2) is 86.9 Å². The summed E-state index contributed by atoms with van der Waals surface area (Å²) in [5.74, 6) is 0.262. The summed E-state index contributed by atoms with van der Waals surface area (Å²) in [7, 11) is 3.41. The van der Waals surface area contributed by atoms with E-state index in [0.717, 1.165) is 34.4 Å². The summed E-state index contributed by atoms with van der Waals surface area (Å²) >= 11 is 0. The molecular weight excluding hydrogens is 518 g/mol. The molecule has 1 amide bonds.